The van der Waals surface area contributed by atoms with Gasteiger partial charge in [-0.15, -0.1) is 0 Å². The summed E-state index contributed by atoms with van der Waals surface area (Å²) in [6.45, 7) is 1.76. The van der Waals surface area contributed by atoms with Crippen molar-refractivity contribution in [1.29, 1.82) is 0 Å². The number of hydrogen-bond acceptors (Lipinski definition) is 4. The molecule has 1 rings (SSSR count). The molecule has 1 aliphatic rings. The Hall–Kier alpha value is -0.376. The first-order chi connectivity index (χ1) is 7.75. The molecule has 1 saturated heterocycles. The Morgan fingerprint density at radius 1 is 0.900 bits per heavy atom. The summed E-state index contributed by atoms with van der Waals surface area (Å²) in [4.78, 5) is 19.8. The number of carbonyl (C=O) groups is 2. The molecule has 0 aromatic rings. The summed E-state index contributed by atoms with van der Waals surface area (Å²) in [5, 5.41) is 0. The summed E-state index contributed by atoms with van der Waals surface area (Å²) in [5.41, 5.74) is 0. The Morgan fingerprint density at radius 2 is 1.05 bits per heavy atom. The zero-order valence-corrected chi connectivity index (χ0v) is 12.2. The first kappa shape index (κ1) is 24.6. The van der Waals surface area contributed by atoms with E-state index in [-0.39, 0.29) is 25.7 Å². The molecule has 1 aliphatic heterocycles. The molecule has 0 atom stereocenters. The molecular weight excluding hydrogens is 342 g/mol. The molecule has 0 unspecified atom stereocenters. The average Bonchev–Trinajstić information content (AvgIpc) is 2.24. The predicted octanol–water partition coefficient (Wildman–Crippen LogP) is 1.06. The van der Waals surface area contributed by atoms with Crippen LogP contribution in [0.15, 0.2) is 0 Å². The minimum Gasteiger partial charge on any atom is -0.419 e. The van der Waals surface area contributed by atoms with Crippen molar-refractivity contribution >= 4 is 28.5 Å². The average molecular weight is 350 g/mol. The molecule has 0 spiro atoms. The van der Waals surface area contributed by atoms with Crippen LogP contribution < -0.4 is 18.9 Å². The van der Waals surface area contributed by atoms with E-state index in [2.05, 4.69) is 9.47 Å². The molecule has 1 heterocycles. The van der Waals surface area contributed by atoms with Gasteiger partial charge in [0.15, 0.2) is 0 Å². The number of esters is 2. The Kier molecular flexibility index (Phi) is 8.12. The van der Waals surface area contributed by atoms with Crippen molar-refractivity contribution < 1.29 is 71.3 Å². The summed E-state index contributed by atoms with van der Waals surface area (Å²) in [6.07, 6.45) is 0. The van der Waals surface area contributed by atoms with Gasteiger partial charge in [0.2, 0.25) is 6.79 Å². The molecule has 4 nitrogen and oxygen atoms in total. The molecule has 0 bridgehead atoms. The Bertz CT molecular complexity index is 319. The Morgan fingerprint density at radius 3 is 1.10 bits per heavy atom. The standard InChI is InChI=1S/C3H2O4.C2H6F2Si.F6P.Li/c4-2-3(5)7-1-6-2;1-5(2,3)4;1-7(2,3,4,5)6;/h1H2;1-2H3;;/q;;-1;+1. The normalized spacial score (nSPS) is 17.7. The quantitative estimate of drug-likeness (QED) is 0.164. The smallest absolute Gasteiger partial charge is 0.419 e. The topological polar surface area (TPSA) is 52.6 Å². The third kappa shape index (κ3) is 52.6. The molecule has 0 N–H and O–H groups in total. The SMILES string of the molecule is C[Si](C)(F)F.F[P-](F)(F)(F)(F)F.O=C1OCOC1=O.[Li+]. The van der Waals surface area contributed by atoms with Crippen LogP contribution in [0.5, 0.6) is 0 Å². The zero-order chi connectivity index (χ0) is 16.2. The van der Waals surface area contributed by atoms with Gasteiger partial charge in [-0.3, -0.25) is 8.22 Å². The maximum Gasteiger partial charge on any atom is 1.00 e. The second kappa shape index (κ2) is 6.59. The summed E-state index contributed by atoms with van der Waals surface area (Å²) in [6, 6.07) is 0. The number of halogens is 8. The van der Waals surface area contributed by atoms with Crippen molar-refractivity contribution in [3.05, 3.63) is 0 Å². The van der Waals surface area contributed by atoms with E-state index in [0.717, 1.165) is 13.1 Å². The molecule has 20 heavy (non-hydrogen) atoms. The summed E-state index contributed by atoms with van der Waals surface area (Å²) < 4.78 is 89.6. The van der Waals surface area contributed by atoms with Crippen LogP contribution in [-0.4, -0.2) is 27.5 Å². The fourth-order valence-electron chi connectivity index (χ4n) is 0.254. The number of carbonyl (C=O) groups excluding carboxylic acids is 2. The molecule has 0 amide bonds. The van der Waals surface area contributed by atoms with Crippen molar-refractivity contribution in [2.24, 2.45) is 0 Å². The Labute approximate surface area is 120 Å². The van der Waals surface area contributed by atoms with Crippen LogP contribution in [0, 0.1) is 0 Å². The molecule has 1 fully saturated rings. The van der Waals surface area contributed by atoms with Gasteiger partial charge in [-0.05, 0) is 13.1 Å². The third-order valence-corrected chi connectivity index (χ3v) is 0.547. The van der Waals surface area contributed by atoms with Crippen LogP contribution in [0.4, 0.5) is 33.4 Å². The summed E-state index contributed by atoms with van der Waals surface area (Å²) in [7, 11) is -14.3. The van der Waals surface area contributed by atoms with Gasteiger partial charge in [0.05, 0.1) is 0 Å². The monoisotopic (exact) mass is 350 g/mol. The predicted molar refractivity (Wildman–Crippen MR) is 50.3 cm³/mol. The van der Waals surface area contributed by atoms with E-state index >= 15 is 0 Å². The van der Waals surface area contributed by atoms with E-state index in [4.69, 9.17) is 0 Å². The number of ether oxygens (including phenoxy) is 2. The van der Waals surface area contributed by atoms with Crippen LogP contribution in [0.25, 0.3) is 0 Å². The number of cyclic esters (lactones) is 2. The van der Waals surface area contributed by atoms with Crippen LogP contribution in [0.3, 0.4) is 0 Å². The van der Waals surface area contributed by atoms with Gasteiger partial charge in [0.1, 0.15) is 0 Å². The van der Waals surface area contributed by atoms with Crippen molar-refractivity contribution in [3.63, 3.8) is 0 Å². The van der Waals surface area contributed by atoms with Gasteiger partial charge in [-0.2, -0.15) is 0 Å². The van der Waals surface area contributed by atoms with Gasteiger partial charge < -0.3 is 9.47 Å². The fourth-order valence-corrected chi connectivity index (χ4v) is 0.254. The van der Waals surface area contributed by atoms with Gasteiger partial charge >= 0.3 is 72.5 Å². The first-order valence-corrected chi connectivity index (χ1v) is 8.82. The van der Waals surface area contributed by atoms with E-state index in [1.807, 2.05) is 0 Å². The molecule has 0 aromatic carbocycles. The van der Waals surface area contributed by atoms with Gasteiger partial charge in [-0.1, -0.05) is 0 Å². The maximum absolute atomic E-state index is 11.2. The summed E-state index contributed by atoms with van der Waals surface area (Å²) in [5.74, 6) is -1.81. The van der Waals surface area contributed by atoms with Crippen molar-refractivity contribution in [3.8, 4) is 0 Å². The van der Waals surface area contributed by atoms with Gasteiger partial charge in [-0.25, -0.2) is 9.59 Å². The van der Waals surface area contributed by atoms with E-state index in [9.17, 15) is 43.0 Å². The zero-order valence-electron chi connectivity index (χ0n) is 10.3. The second-order valence-corrected chi connectivity index (χ2v) is 7.84. The largest absolute Gasteiger partial charge is 1.00 e. The molecule has 0 saturated carbocycles. The van der Waals surface area contributed by atoms with Crippen molar-refractivity contribution in [1.82, 2.24) is 0 Å². The summed E-state index contributed by atoms with van der Waals surface area (Å²) >= 11 is 0. The van der Waals surface area contributed by atoms with E-state index < -0.39 is 28.5 Å². The second-order valence-electron chi connectivity index (χ2n) is 3.27. The van der Waals surface area contributed by atoms with E-state index in [1.54, 1.807) is 0 Å². The van der Waals surface area contributed by atoms with Crippen LogP contribution >= 0.6 is 7.81 Å². The van der Waals surface area contributed by atoms with E-state index in [1.165, 1.54) is 0 Å². The molecular formula is C5H8F8LiO4PSi. The molecule has 0 aromatic heterocycles. The first-order valence-electron chi connectivity index (χ1n) is 4.04. The van der Waals surface area contributed by atoms with Crippen molar-refractivity contribution in [2.45, 2.75) is 13.1 Å². The minimum atomic E-state index is -10.7. The Balaban J connectivity index is -0.000000215. The molecule has 0 aliphatic carbocycles. The van der Waals surface area contributed by atoms with Gasteiger partial charge in [0, 0.05) is 0 Å². The number of hydrogen-bond donors (Lipinski definition) is 0. The molecule has 15 heteroatoms. The molecule has 0 radical (unpaired) electrons. The third-order valence-electron chi connectivity index (χ3n) is 0.547. The van der Waals surface area contributed by atoms with Crippen LogP contribution in [-0.2, 0) is 19.1 Å². The van der Waals surface area contributed by atoms with Gasteiger partial charge in [0.25, 0.3) is 0 Å². The fraction of sp³-hybridized carbons (Fsp3) is 0.600. The maximum atomic E-state index is 11.2. The minimum absolute atomic E-state index is 0. The van der Waals surface area contributed by atoms with Crippen LogP contribution in [0.2, 0.25) is 13.1 Å². The molecule has 118 valence electrons. The van der Waals surface area contributed by atoms with E-state index in [0.29, 0.717) is 0 Å². The van der Waals surface area contributed by atoms with Crippen molar-refractivity contribution in [2.75, 3.05) is 6.79 Å². The number of rotatable bonds is 0. The van der Waals surface area contributed by atoms with Crippen LogP contribution in [0.1, 0.15) is 0 Å².